The first-order chi connectivity index (χ1) is 8.41. The molecule has 0 radical (unpaired) electrons. The molecular formula is C9H11ClN4O2S2. The maximum Gasteiger partial charge on any atom is 0.248 e. The average molecular weight is 307 g/mol. The van der Waals surface area contributed by atoms with Gasteiger partial charge in [0.1, 0.15) is 10.7 Å². The Morgan fingerprint density at radius 1 is 1.56 bits per heavy atom. The molecule has 0 aromatic carbocycles. The summed E-state index contributed by atoms with van der Waals surface area (Å²) in [5.41, 5.74) is 5.52. The summed E-state index contributed by atoms with van der Waals surface area (Å²) in [7, 11) is -2.16. The first kappa shape index (κ1) is 13.3. The van der Waals surface area contributed by atoms with Crippen LogP contribution in [-0.2, 0) is 16.6 Å². The highest BCUT2D eigenvalue weighted by Gasteiger charge is 2.25. The Morgan fingerprint density at radius 2 is 2.28 bits per heavy atom. The van der Waals surface area contributed by atoms with Gasteiger partial charge < -0.3 is 5.73 Å². The summed E-state index contributed by atoms with van der Waals surface area (Å²) in [4.78, 5) is 0.834. The largest absolute Gasteiger partial charge is 0.383 e. The van der Waals surface area contributed by atoms with Gasteiger partial charge in [0.25, 0.3) is 0 Å². The van der Waals surface area contributed by atoms with E-state index in [2.05, 4.69) is 10.2 Å². The van der Waals surface area contributed by atoms with Gasteiger partial charge >= 0.3 is 0 Å². The molecule has 0 aliphatic rings. The van der Waals surface area contributed by atoms with Crippen molar-refractivity contribution in [3.8, 4) is 0 Å². The van der Waals surface area contributed by atoms with Crippen LogP contribution in [0.3, 0.4) is 0 Å². The fraction of sp³-hybridized carbons (Fsp3) is 0.222. The zero-order chi connectivity index (χ0) is 13.3. The number of nitrogen functional groups attached to an aromatic ring is 1. The number of hydrogen-bond acceptors (Lipinski definition) is 5. The Balaban J connectivity index is 2.23. The molecule has 0 saturated heterocycles. The van der Waals surface area contributed by atoms with Gasteiger partial charge in [-0.05, 0) is 12.1 Å². The molecule has 2 aromatic heterocycles. The van der Waals surface area contributed by atoms with Crippen molar-refractivity contribution in [3.05, 3.63) is 27.5 Å². The predicted molar refractivity (Wildman–Crippen MR) is 71.0 cm³/mol. The van der Waals surface area contributed by atoms with E-state index in [0.717, 1.165) is 4.88 Å². The summed E-state index contributed by atoms with van der Waals surface area (Å²) >= 11 is 7.14. The third-order valence-electron chi connectivity index (χ3n) is 2.33. The number of nitrogens with one attached hydrogen (secondary N) is 1. The van der Waals surface area contributed by atoms with Crippen LogP contribution in [0.15, 0.2) is 23.2 Å². The van der Waals surface area contributed by atoms with E-state index in [1.54, 1.807) is 12.1 Å². The van der Waals surface area contributed by atoms with Crippen LogP contribution in [0.4, 0.5) is 5.82 Å². The minimum absolute atomic E-state index is 0.0207. The summed E-state index contributed by atoms with van der Waals surface area (Å²) in [5, 5.41) is 6.01. The monoisotopic (exact) mass is 306 g/mol. The maximum atomic E-state index is 12.2. The minimum Gasteiger partial charge on any atom is -0.383 e. The topological polar surface area (TPSA) is 92.1 Å². The predicted octanol–water partition coefficient (Wildman–Crippen LogP) is 1.53. The lowest BCUT2D eigenvalue weighted by molar-refractivity contribution is 0.470. The normalized spacial score (nSPS) is 12.2. The van der Waals surface area contributed by atoms with Gasteiger partial charge in [-0.2, -0.15) is 9.40 Å². The molecule has 98 valence electrons. The van der Waals surface area contributed by atoms with Gasteiger partial charge in [-0.25, -0.2) is 8.42 Å². The van der Waals surface area contributed by atoms with Crippen molar-refractivity contribution in [3.63, 3.8) is 0 Å². The highest BCUT2D eigenvalue weighted by molar-refractivity contribution is 7.89. The van der Waals surface area contributed by atoms with Crippen LogP contribution >= 0.6 is 22.9 Å². The number of rotatable bonds is 4. The summed E-state index contributed by atoms with van der Waals surface area (Å²) in [5.74, 6) is 0.0334. The number of nitrogens with two attached hydrogens (primary N) is 1. The second kappa shape index (κ2) is 4.88. The molecule has 9 heteroatoms. The lowest BCUT2D eigenvalue weighted by atomic mass is 10.5. The lowest BCUT2D eigenvalue weighted by Gasteiger charge is -2.15. The van der Waals surface area contributed by atoms with Crippen LogP contribution in [0.1, 0.15) is 4.88 Å². The SMILES string of the molecule is CN(Cc1ccc(Cl)s1)S(=O)(=O)c1cn[nH]c1N. The van der Waals surface area contributed by atoms with Crippen LogP contribution in [0.25, 0.3) is 0 Å². The summed E-state index contributed by atoms with van der Waals surface area (Å²) < 4.78 is 26.2. The molecule has 0 spiro atoms. The van der Waals surface area contributed by atoms with Crippen LogP contribution in [0.5, 0.6) is 0 Å². The number of H-pyrrole nitrogens is 1. The molecule has 0 atom stereocenters. The first-order valence-electron chi connectivity index (χ1n) is 4.90. The van der Waals surface area contributed by atoms with Crippen LogP contribution in [-0.4, -0.2) is 30.0 Å². The van der Waals surface area contributed by atoms with E-state index in [0.29, 0.717) is 4.34 Å². The molecule has 0 aliphatic heterocycles. The number of hydrogen-bond donors (Lipinski definition) is 2. The molecule has 0 aliphatic carbocycles. The maximum absolute atomic E-state index is 12.2. The van der Waals surface area contributed by atoms with Crippen LogP contribution in [0, 0.1) is 0 Å². The molecule has 2 aromatic rings. The Labute approximate surface area is 113 Å². The number of halogens is 1. The van der Waals surface area contributed by atoms with E-state index in [-0.39, 0.29) is 17.3 Å². The fourth-order valence-electron chi connectivity index (χ4n) is 1.40. The van der Waals surface area contributed by atoms with E-state index in [1.807, 2.05) is 0 Å². The molecular weight excluding hydrogens is 296 g/mol. The van der Waals surface area contributed by atoms with Crippen LogP contribution < -0.4 is 5.73 Å². The number of nitrogens with zero attached hydrogens (tertiary/aromatic N) is 2. The Morgan fingerprint density at radius 3 is 2.78 bits per heavy atom. The first-order valence-corrected chi connectivity index (χ1v) is 7.54. The fourth-order valence-corrected chi connectivity index (χ4v) is 3.78. The van der Waals surface area contributed by atoms with Gasteiger partial charge in [-0.3, -0.25) is 5.10 Å². The Kier molecular flexibility index (Phi) is 3.62. The second-order valence-electron chi connectivity index (χ2n) is 3.61. The van der Waals surface area contributed by atoms with E-state index in [4.69, 9.17) is 17.3 Å². The van der Waals surface area contributed by atoms with Gasteiger partial charge in [0.05, 0.1) is 10.5 Å². The number of aromatic amines is 1. The second-order valence-corrected chi connectivity index (χ2v) is 7.43. The number of anilines is 1. The number of aromatic nitrogens is 2. The quantitative estimate of drug-likeness (QED) is 0.896. The number of sulfonamides is 1. The van der Waals surface area contributed by atoms with Crippen molar-refractivity contribution in [2.75, 3.05) is 12.8 Å². The van der Waals surface area contributed by atoms with E-state index >= 15 is 0 Å². The molecule has 18 heavy (non-hydrogen) atoms. The molecule has 3 N–H and O–H groups in total. The highest BCUT2D eigenvalue weighted by atomic mass is 35.5. The third-order valence-corrected chi connectivity index (χ3v) is 5.37. The van der Waals surface area contributed by atoms with Gasteiger partial charge in [0.2, 0.25) is 10.0 Å². The van der Waals surface area contributed by atoms with E-state index in [9.17, 15) is 8.42 Å². The number of thiophene rings is 1. The van der Waals surface area contributed by atoms with Gasteiger partial charge in [-0.1, -0.05) is 11.6 Å². The molecule has 0 amide bonds. The van der Waals surface area contributed by atoms with Gasteiger partial charge in [0, 0.05) is 18.5 Å². The van der Waals surface area contributed by atoms with E-state index < -0.39 is 10.0 Å². The van der Waals surface area contributed by atoms with E-state index in [1.165, 1.54) is 28.9 Å². The standard InChI is InChI=1S/C9H11ClN4O2S2/c1-14(5-6-2-3-8(10)17-6)18(15,16)7-4-12-13-9(7)11/h2-4H,5H2,1H3,(H3,11,12,13). The molecule has 2 heterocycles. The summed E-state index contributed by atoms with van der Waals surface area (Å²) in [6.07, 6.45) is 1.20. The highest BCUT2D eigenvalue weighted by Crippen LogP contribution is 2.25. The zero-order valence-electron chi connectivity index (χ0n) is 9.42. The van der Waals surface area contributed by atoms with Crippen LogP contribution in [0.2, 0.25) is 4.34 Å². The lowest BCUT2D eigenvalue weighted by Crippen LogP contribution is -2.26. The third kappa shape index (κ3) is 2.51. The minimum atomic E-state index is -3.64. The van der Waals surface area contributed by atoms with Crippen molar-refractivity contribution >= 4 is 38.8 Å². The van der Waals surface area contributed by atoms with Crippen molar-refractivity contribution < 1.29 is 8.42 Å². The van der Waals surface area contributed by atoms with Crippen molar-refractivity contribution in [1.82, 2.24) is 14.5 Å². The van der Waals surface area contributed by atoms with Crippen molar-refractivity contribution in [1.29, 1.82) is 0 Å². The van der Waals surface area contributed by atoms with Gasteiger partial charge in [0.15, 0.2) is 0 Å². The molecule has 0 saturated carbocycles. The Bertz CT molecular complexity index is 649. The van der Waals surface area contributed by atoms with Crippen molar-refractivity contribution in [2.24, 2.45) is 0 Å². The molecule has 2 rings (SSSR count). The summed E-state index contributed by atoms with van der Waals surface area (Å²) in [6, 6.07) is 3.52. The Hall–Kier alpha value is -1.09. The molecule has 0 bridgehead atoms. The smallest absolute Gasteiger partial charge is 0.248 e. The average Bonchev–Trinajstić information content (AvgIpc) is 2.87. The molecule has 0 unspecified atom stereocenters. The molecule has 6 nitrogen and oxygen atoms in total. The zero-order valence-corrected chi connectivity index (χ0v) is 11.8. The van der Waals surface area contributed by atoms with Crippen molar-refractivity contribution in [2.45, 2.75) is 11.4 Å². The molecule has 0 fully saturated rings. The van der Waals surface area contributed by atoms with Gasteiger partial charge in [-0.15, -0.1) is 11.3 Å². The summed E-state index contributed by atoms with van der Waals surface area (Å²) in [6.45, 7) is 0.240.